The second kappa shape index (κ2) is 57.9. The first kappa shape index (κ1) is 66.4. The predicted molar refractivity (Wildman–Crippen MR) is 298 cm³/mol. The van der Waals surface area contributed by atoms with E-state index >= 15 is 0 Å². The first-order chi connectivity index (χ1) is 34.0. The molecular formula is C63H114O6. The molecule has 6 nitrogen and oxygen atoms in total. The van der Waals surface area contributed by atoms with Crippen molar-refractivity contribution in [2.24, 2.45) is 0 Å². The minimum atomic E-state index is -0.763. The molecule has 0 rings (SSSR count). The summed E-state index contributed by atoms with van der Waals surface area (Å²) in [6.07, 6.45) is 71.8. The van der Waals surface area contributed by atoms with Gasteiger partial charge in [0.25, 0.3) is 0 Å². The third kappa shape index (κ3) is 56.2. The third-order valence-electron chi connectivity index (χ3n) is 13.3. The maximum absolute atomic E-state index is 12.7. The highest BCUT2D eigenvalue weighted by atomic mass is 16.6. The average molecular weight is 968 g/mol. The molecule has 402 valence electrons. The van der Waals surface area contributed by atoms with E-state index in [0.717, 1.165) is 89.9 Å². The summed E-state index contributed by atoms with van der Waals surface area (Å²) in [4.78, 5) is 37.7. The molecule has 0 saturated heterocycles. The number of carbonyl (C=O) groups excluding carboxylic acids is 3. The van der Waals surface area contributed by atoms with Crippen LogP contribution in [0.25, 0.3) is 0 Å². The lowest BCUT2D eigenvalue weighted by Crippen LogP contribution is -2.30. The molecule has 0 spiro atoms. The van der Waals surface area contributed by atoms with Gasteiger partial charge in [0.2, 0.25) is 0 Å². The molecule has 0 aromatic rings. The van der Waals surface area contributed by atoms with Gasteiger partial charge in [0, 0.05) is 19.3 Å². The van der Waals surface area contributed by atoms with E-state index in [4.69, 9.17) is 14.2 Å². The number of allylic oxidation sites excluding steroid dienone is 8. The fraction of sp³-hybridized carbons (Fsp3) is 0.825. The standard InChI is InChI=1S/C63H114O6/c1-4-7-10-13-15-17-19-21-22-23-24-25-26-27-28-29-30-31-32-33-34-35-36-37-38-39-40-42-43-45-47-50-53-56-62(65)68-59-60(58-67-61(64)55-52-49-12-9-6-3)69-63(66)57-54-51-48-46-44-41-20-18-16-14-11-8-5-2/h7,10,15,17,21-22,24-25,60H,4-6,8-9,11-14,16,18-20,23,26-59H2,1-3H3/b10-7-,17-15-,22-21-,25-24-. The van der Waals surface area contributed by atoms with Crippen LogP contribution in [0.2, 0.25) is 0 Å². The molecule has 1 atom stereocenters. The Kier molecular flexibility index (Phi) is 55.7. The summed E-state index contributed by atoms with van der Waals surface area (Å²) in [6.45, 7) is 6.48. The Morgan fingerprint density at radius 2 is 0.565 bits per heavy atom. The van der Waals surface area contributed by atoms with E-state index in [1.807, 2.05) is 0 Å². The fourth-order valence-corrected chi connectivity index (χ4v) is 8.85. The molecule has 0 aliphatic rings. The summed E-state index contributed by atoms with van der Waals surface area (Å²) in [7, 11) is 0. The molecule has 0 aliphatic heterocycles. The highest BCUT2D eigenvalue weighted by Gasteiger charge is 2.19. The van der Waals surface area contributed by atoms with E-state index in [9.17, 15) is 14.4 Å². The molecule has 0 aromatic carbocycles. The van der Waals surface area contributed by atoms with Crippen molar-refractivity contribution >= 4 is 17.9 Å². The molecule has 0 aromatic heterocycles. The highest BCUT2D eigenvalue weighted by Crippen LogP contribution is 2.17. The Bertz CT molecular complexity index is 1200. The summed E-state index contributed by atoms with van der Waals surface area (Å²) in [5.74, 6) is -0.865. The summed E-state index contributed by atoms with van der Waals surface area (Å²) in [5.41, 5.74) is 0. The number of ether oxygens (including phenoxy) is 3. The molecule has 0 bridgehead atoms. The topological polar surface area (TPSA) is 78.9 Å². The van der Waals surface area contributed by atoms with Gasteiger partial charge >= 0.3 is 17.9 Å². The Balaban J connectivity index is 3.87. The van der Waals surface area contributed by atoms with Gasteiger partial charge in [-0.15, -0.1) is 0 Å². The van der Waals surface area contributed by atoms with Crippen molar-refractivity contribution in [1.82, 2.24) is 0 Å². The van der Waals surface area contributed by atoms with Gasteiger partial charge in [0.05, 0.1) is 0 Å². The van der Waals surface area contributed by atoms with Gasteiger partial charge in [-0.25, -0.2) is 0 Å². The molecule has 69 heavy (non-hydrogen) atoms. The Hall–Kier alpha value is -2.63. The first-order valence-corrected chi connectivity index (χ1v) is 30.1. The van der Waals surface area contributed by atoms with Crippen LogP contribution in [0, 0.1) is 0 Å². The molecule has 0 N–H and O–H groups in total. The Morgan fingerprint density at radius 1 is 0.304 bits per heavy atom. The molecule has 0 aliphatic carbocycles. The van der Waals surface area contributed by atoms with Gasteiger partial charge in [-0.05, 0) is 57.8 Å². The maximum Gasteiger partial charge on any atom is 0.306 e. The van der Waals surface area contributed by atoms with Crippen LogP contribution in [0.15, 0.2) is 48.6 Å². The van der Waals surface area contributed by atoms with E-state index in [1.54, 1.807) is 0 Å². The van der Waals surface area contributed by atoms with Crippen LogP contribution in [-0.2, 0) is 28.6 Å². The van der Waals surface area contributed by atoms with Crippen molar-refractivity contribution in [3.05, 3.63) is 48.6 Å². The molecule has 1 unspecified atom stereocenters. The van der Waals surface area contributed by atoms with Gasteiger partial charge in [-0.3, -0.25) is 14.4 Å². The van der Waals surface area contributed by atoms with Gasteiger partial charge in [0.15, 0.2) is 6.10 Å². The predicted octanol–water partition coefficient (Wildman–Crippen LogP) is 20.2. The second-order valence-electron chi connectivity index (χ2n) is 20.2. The van der Waals surface area contributed by atoms with Gasteiger partial charge in [-0.1, -0.05) is 288 Å². The molecule has 6 heteroatoms. The number of hydrogen-bond acceptors (Lipinski definition) is 6. The Labute approximate surface area is 428 Å². The second-order valence-corrected chi connectivity index (χ2v) is 20.2. The first-order valence-electron chi connectivity index (χ1n) is 30.1. The normalized spacial score (nSPS) is 12.3. The lowest BCUT2D eigenvalue weighted by atomic mass is 10.0. The molecule has 0 heterocycles. The maximum atomic E-state index is 12.7. The largest absolute Gasteiger partial charge is 0.462 e. The van der Waals surface area contributed by atoms with E-state index < -0.39 is 6.10 Å². The van der Waals surface area contributed by atoms with Gasteiger partial charge < -0.3 is 14.2 Å². The SMILES string of the molecule is CC/C=C\C/C=C\C/C=C\C/C=C\CCCCCCCCCCCCCCCCCCCCCCC(=O)OCC(COC(=O)CCCCCCC)OC(=O)CCCCCCCCCCCCCCC. The minimum absolute atomic E-state index is 0.0672. The fourth-order valence-electron chi connectivity index (χ4n) is 8.85. The van der Waals surface area contributed by atoms with Gasteiger partial charge in [0.1, 0.15) is 13.2 Å². The zero-order valence-corrected chi connectivity index (χ0v) is 46.1. The van der Waals surface area contributed by atoms with Crippen molar-refractivity contribution in [2.45, 2.75) is 322 Å². The minimum Gasteiger partial charge on any atom is -0.462 e. The number of unbranched alkanes of at least 4 members (excludes halogenated alkanes) is 36. The summed E-state index contributed by atoms with van der Waals surface area (Å²) >= 11 is 0. The zero-order valence-electron chi connectivity index (χ0n) is 46.1. The van der Waals surface area contributed by atoms with Crippen LogP contribution in [0.3, 0.4) is 0 Å². The highest BCUT2D eigenvalue weighted by molar-refractivity contribution is 5.71. The zero-order chi connectivity index (χ0) is 50.0. The number of rotatable bonds is 55. The lowest BCUT2D eigenvalue weighted by molar-refractivity contribution is -0.167. The van der Waals surface area contributed by atoms with E-state index in [2.05, 4.69) is 69.4 Å². The smallest absolute Gasteiger partial charge is 0.306 e. The van der Waals surface area contributed by atoms with Crippen molar-refractivity contribution in [2.75, 3.05) is 13.2 Å². The van der Waals surface area contributed by atoms with E-state index in [0.29, 0.717) is 19.3 Å². The van der Waals surface area contributed by atoms with Crippen LogP contribution in [-0.4, -0.2) is 37.2 Å². The van der Waals surface area contributed by atoms with Crippen molar-refractivity contribution in [3.8, 4) is 0 Å². The summed E-state index contributed by atoms with van der Waals surface area (Å²) in [5, 5.41) is 0. The van der Waals surface area contributed by atoms with Crippen LogP contribution in [0.1, 0.15) is 316 Å². The molecule has 0 radical (unpaired) electrons. The lowest BCUT2D eigenvalue weighted by Gasteiger charge is -2.18. The quantitative estimate of drug-likeness (QED) is 0.0262. The third-order valence-corrected chi connectivity index (χ3v) is 13.3. The number of esters is 3. The monoisotopic (exact) mass is 967 g/mol. The van der Waals surface area contributed by atoms with Crippen LogP contribution < -0.4 is 0 Å². The van der Waals surface area contributed by atoms with E-state index in [-0.39, 0.29) is 31.1 Å². The van der Waals surface area contributed by atoms with Crippen LogP contribution in [0.4, 0.5) is 0 Å². The van der Waals surface area contributed by atoms with Crippen molar-refractivity contribution < 1.29 is 28.6 Å². The summed E-state index contributed by atoms with van der Waals surface area (Å²) < 4.78 is 16.7. The molecular weight excluding hydrogens is 853 g/mol. The van der Waals surface area contributed by atoms with E-state index in [1.165, 1.54) is 186 Å². The Morgan fingerprint density at radius 3 is 0.884 bits per heavy atom. The van der Waals surface area contributed by atoms with Gasteiger partial charge in [-0.2, -0.15) is 0 Å². The van der Waals surface area contributed by atoms with Crippen molar-refractivity contribution in [1.29, 1.82) is 0 Å². The summed E-state index contributed by atoms with van der Waals surface area (Å²) in [6, 6.07) is 0. The molecule has 0 saturated carbocycles. The van der Waals surface area contributed by atoms with Crippen LogP contribution in [0.5, 0.6) is 0 Å². The number of hydrogen-bond donors (Lipinski definition) is 0. The molecule has 0 fully saturated rings. The molecule has 0 amide bonds. The number of carbonyl (C=O) groups is 3. The average Bonchev–Trinajstić information content (AvgIpc) is 3.35. The van der Waals surface area contributed by atoms with Crippen LogP contribution >= 0.6 is 0 Å². The van der Waals surface area contributed by atoms with Crippen molar-refractivity contribution in [3.63, 3.8) is 0 Å².